The Balaban J connectivity index is 2.21. The number of quaternary nitrogens is 1. The van der Waals surface area contributed by atoms with E-state index in [4.69, 9.17) is 0 Å². The average Bonchev–Trinajstić information content (AvgIpc) is 2.49. The van der Waals surface area contributed by atoms with Crippen LogP contribution in [0.4, 0.5) is 0 Å². The molecule has 0 aliphatic carbocycles. The number of rotatable bonds is 0. The number of likely N-dealkylation sites (N-methyl/N-ethyl adjacent to an activating group) is 1. The Hall–Kier alpha value is -1.35. The Morgan fingerprint density at radius 3 is 2.94 bits per heavy atom. The number of benzene rings is 1. The molecule has 1 saturated heterocycles. The van der Waals surface area contributed by atoms with Crippen molar-refractivity contribution in [3.8, 4) is 0 Å². The highest BCUT2D eigenvalue weighted by molar-refractivity contribution is 5.80. The number of nitrogens with one attached hydrogen (secondary N) is 1. The van der Waals surface area contributed by atoms with Gasteiger partial charge in [-0.15, -0.1) is 0 Å². The first kappa shape index (κ1) is 9.85. The number of hydrogen-bond acceptors (Lipinski definition) is 1. The van der Waals surface area contributed by atoms with Gasteiger partial charge >= 0.3 is 0 Å². The monoisotopic (exact) mass is 217 g/mol. The molecule has 16 heavy (non-hydrogen) atoms. The third-order valence-corrected chi connectivity index (χ3v) is 4.37. The molecule has 1 N–H and O–H groups in total. The quantitative estimate of drug-likeness (QED) is 0.645. The zero-order valence-corrected chi connectivity index (χ0v) is 9.79. The Bertz CT molecular complexity index is 471. The van der Waals surface area contributed by atoms with Crippen molar-refractivity contribution in [2.45, 2.75) is 19.0 Å². The van der Waals surface area contributed by atoms with Crippen LogP contribution in [0.2, 0.25) is 0 Å². The topological polar surface area (TPSA) is 29.1 Å². The number of amides is 1. The molecule has 1 amide bonds. The zero-order chi connectivity index (χ0) is 11.4. The molecule has 2 atom stereocenters. The molecule has 0 spiro atoms. The van der Waals surface area contributed by atoms with Crippen LogP contribution >= 0.6 is 0 Å². The van der Waals surface area contributed by atoms with Crippen molar-refractivity contribution in [1.29, 1.82) is 0 Å². The van der Waals surface area contributed by atoms with Crippen LogP contribution in [0.25, 0.3) is 0 Å². The molecule has 3 heteroatoms. The molecule has 3 rings (SSSR count). The van der Waals surface area contributed by atoms with E-state index in [0.717, 1.165) is 17.4 Å². The van der Waals surface area contributed by atoms with Crippen molar-refractivity contribution < 1.29 is 9.28 Å². The van der Waals surface area contributed by atoms with E-state index in [1.807, 2.05) is 0 Å². The molecule has 2 aliphatic heterocycles. The molecule has 1 unspecified atom stereocenters. The highest BCUT2D eigenvalue weighted by atomic mass is 16.2. The van der Waals surface area contributed by atoms with Crippen molar-refractivity contribution in [2.75, 3.05) is 20.1 Å². The van der Waals surface area contributed by atoms with Crippen LogP contribution in [-0.2, 0) is 16.9 Å². The molecule has 2 heterocycles. The summed E-state index contributed by atoms with van der Waals surface area (Å²) in [5, 5.41) is 3.16. The second kappa shape index (κ2) is 2.86. The van der Waals surface area contributed by atoms with Crippen LogP contribution in [0.1, 0.15) is 18.1 Å². The van der Waals surface area contributed by atoms with Gasteiger partial charge in [0.2, 0.25) is 0 Å². The van der Waals surface area contributed by atoms with Gasteiger partial charge in [0.25, 0.3) is 5.91 Å². The van der Waals surface area contributed by atoms with Crippen LogP contribution in [-0.4, -0.2) is 30.5 Å². The zero-order valence-electron chi connectivity index (χ0n) is 9.79. The summed E-state index contributed by atoms with van der Waals surface area (Å²) in [6.45, 7) is 3.78. The Morgan fingerprint density at radius 2 is 2.12 bits per heavy atom. The normalized spacial score (nSPS) is 36.5. The second-order valence-corrected chi connectivity index (χ2v) is 5.31. The van der Waals surface area contributed by atoms with Crippen molar-refractivity contribution in [1.82, 2.24) is 5.32 Å². The van der Waals surface area contributed by atoms with E-state index in [0.29, 0.717) is 6.54 Å². The van der Waals surface area contributed by atoms with Crippen LogP contribution in [0.3, 0.4) is 0 Å². The highest BCUT2D eigenvalue weighted by Crippen LogP contribution is 2.40. The van der Waals surface area contributed by atoms with Crippen LogP contribution in [0.5, 0.6) is 0 Å². The van der Waals surface area contributed by atoms with Gasteiger partial charge in [0.05, 0.1) is 13.6 Å². The minimum absolute atomic E-state index is 0.168. The Morgan fingerprint density at radius 1 is 1.38 bits per heavy atom. The van der Waals surface area contributed by atoms with Crippen molar-refractivity contribution in [3.63, 3.8) is 0 Å². The summed E-state index contributed by atoms with van der Waals surface area (Å²) in [6.07, 6.45) is 1.07. The van der Waals surface area contributed by atoms with Gasteiger partial charge in [0, 0.05) is 18.9 Å². The van der Waals surface area contributed by atoms with Gasteiger partial charge in [-0.25, -0.2) is 0 Å². The molecular weight excluding hydrogens is 200 g/mol. The lowest BCUT2D eigenvalue weighted by Gasteiger charge is -2.46. The van der Waals surface area contributed by atoms with E-state index in [9.17, 15) is 4.79 Å². The summed E-state index contributed by atoms with van der Waals surface area (Å²) in [5.74, 6) is 0.168. The van der Waals surface area contributed by atoms with Crippen LogP contribution < -0.4 is 5.32 Å². The van der Waals surface area contributed by atoms with E-state index >= 15 is 0 Å². The molecule has 0 radical (unpaired) electrons. The lowest BCUT2D eigenvalue weighted by atomic mass is 9.87. The first-order valence-corrected chi connectivity index (χ1v) is 5.79. The van der Waals surface area contributed by atoms with E-state index in [2.05, 4.69) is 43.6 Å². The standard InChI is InChI=1S/C13H16N2O/c1-13-11-6-4-3-5-10(11)7-8-15(13,2)9-12(16)14-13/h3-6H,7-9H2,1-2H3/p+1/t13-,15?/m1/s1. The molecule has 0 bridgehead atoms. The molecule has 0 saturated carbocycles. The maximum Gasteiger partial charge on any atom is 0.280 e. The fourth-order valence-corrected chi connectivity index (χ4v) is 3.16. The van der Waals surface area contributed by atoms with Crippen molar-refractivity contribution >= 4 is 5.91 Å². The molecule has 84 valence electrons. The Kier molecular flexibility index (Phi) is 1.76. The predicted molar refractivity (Wildman–Crippen MR) is 61.6 cm³/mol. The number of fused-ring (bicyclic) bond motifs is 3. The van der Waals surface area contributed by atoms with Gasteiger partial charge in [0.15, 0.2) is 12.2 Å². The van der Waals surface area contributed by atoms with Crippen molar-refractivity contribution in [2.24, 2.45) is 0 Å². The molecule has 0 aromatic heterocycles. The number of nitrogens with zero attached hydrogens (tertiary/aromatic N) is 1. The van der Waals surface area contributed by atoms with Gasteiger partial charge in [-0.3, -0.25) is 14.6 Å². The molecule has 1 aromatic rings. The SMILES string of the molecule is C[C@@]12NC(=O)C[N+]1(C)CCc1ccccc12. The third kappa shape index (κ3) is 1.04. The van der Waals surface area contributed by atoms with Crippen molar-refractivity contribution in [3.05, 3.63) is 35.4 Å². The summed E-state index contributed by atoms with van der Waals surface area (Å²) < 4.78 is 0.794. The molecule has 2 aliphatic rings. The van der Waals surface area contributed by atoms with Gasteiger partial charge in [-0.05, 0) is 5.56 Å². The smallest absolute Gasteiger partial charge is 0.280 e. The fourth-order valence-electron chi connectivity index (χ4n) is 3.16. The molecule has 3 nitrogen and oxygen atoms in total. The molecule has 1 aromatic carbocycles. The summed E-state index contributed by atoms with van der Waals surface area (Å²) in [6, 6.07) is 8.46. The minimum Gasteiger partial charge on any atom is -0.296 e. The van der Waals surface area contributed by atoms with Gasteiger partial charge in [-0.1, -0.05) is 24.3 Å². The summed E-state index contributed by atoms with van der Waals surface area (Å²) in [4.78, 5) is 11.7. The minimum atomic E-state index is -0.230. The predicted octanol–water partition coefficient (Wildman–Crippen LogP) is 0.992. The summed E-state index contributed by atoms with van der Waals surface area (Å²) in [5.41, 5.74) is 2.43. The van der Waals surface area contributed by atoms with E-state index in [-0.39, 0.29) is 11.6 Å². The molecule has 1 fully saturated rings. The number of hydrogen-bond donors (Lipinski definition) is 1. The third-order valence-electron chi connectivity index (χ3n) is 4.37. The maximum atomic E-state index is 11.7. The lowest BCUT2D eigenvalue weighted by molar-refractivity contribution is -0.954. The van der Waals surface area contributed by atoms with Gasteiger partial charge in [-0.2, -0.15) is 0 Å². The maximum absolute atomic E-state index is 11.7. The van der Waals surface area contributed by atoms with Gasteiger partial charge < -0.3 is 0 Å². The second-order valence-electron chi connectivity index (χ2n) is 5.31. The van der Waals surface area contributed by atoms with Crippen LogP contribution in [0, 0.1) is 0 Å². The summed E-state index contributed by atoms with van der Waals surface area (Å²) in [7, 11) is 2.17. The lowest BCUT2D eigenvalue weighted by Crippen LogP contribution is -2.61. The summed E-state index contributed by atoms with van der Waals surface area (Å²) >= 11 is 0. The van der Waals surface area contributed by atoms with E-state index in [1.165, 1.54) is 11.1 Å². The number of carbonyl (C=O) groups excluding carboxylic acids is 1. The van der Waals surface area contributed by atoms with E-state index < -0.39 is 0 Å². The first-order valence-electron chi connectivity index (χ1n) is 5.79. The molecular formula is C13H17N2O+. The van der Waals surface area contributed by atoms with E-state index in [1.54, 1.807) is 0 Å². The van der Waals surface area contributed by atoms with Gasteiger partial charge in [0.1, 0.15) is 0 Å². The van der Waals surface area contributed by atoms with Crippen LogP contribution in [0.15, 0.2) is 24.3 Å². The Labute approximate surface area is 95.7 Å². The first-order chi connectivity index (χ1) is 7.55. The average molecular weight is 217 g/mol. The highest BCUT2D eigenvalue weighted by Gasteiger charge is 2.56. The number of carbonyl (C=O) groups is 1. The largest absolute Gasteiger partial charge is 0.296 e. The fraction of sp³-hybridized carbons (Fsp3) is 0.462.